The van der Waals surface area contributed by atoms with Crippen LogP contribution in [-0.2, 0) is 6.42 Å². The number of aryl methyl sites for hydroxylation is 1. The molecule has 0 aromatic heterocycles. The van der Waals surface area contributed by atoms with Gasteiger partial charge in [0.25, 0.3) is 0 Å². The van der Waals surface area contributed by atoms with E-state index >= 15 is 0 Å². The van der Waals surface area contributed by atoms with Crippen molar-refractivity contribution in [3.05, 3.63) is 108 Å². The molecule has 32 heavy (non-hydrogen) atoms. The van der Waals surface area contributed by atoms with E-state index in [1.807, 2.05) is 0 Å². The van der Waals surface area contributed by atoms with Crippen LogP contribution in [-0.4, -0.2) is 0 Å². The van der Waals surface area contributed by atoms with Gasteiger partial charge in [-0.1, -0.05) is 123 Å². The summed E-state index contributed by atoms with van der Waals surface area (Å²) in [5, 5.41) is 0. The molecular weight excluding hydrogens is 384 g/mol. The smallest absolute Gasteiger partial charge is 0.00615 e. The maximum Gasteiger partial charge on any atom is -0.00615 e. The molecule has 0 heterocycles. The molecule has 0 bridgehead atoms. The molecule has 0 radical (unpaired) electrons. The minimum absolute atomic E-state index is 0.624. The monoisotopic (exact) mass is 416 g/mol. The summed E-state index contributed by atoms with van der Waals surface area (Å²) < 4.78 is 0. The predicted octanol–water partition coefficient (Wildman–Crippen LogP) is 9.30. The van der Waals surface area contributed by atoms with Gasteiger partial charge in [0.05, 0.1) is 0 Å². The van der Waals surface area contributed by atoms with Gasteiger partial charge in [0.15, 0.2) is 0 Å². The van der Waals surface area contributed by atoms with Crippen LogP contribution in [0.15, 0.2) is 97.1 Å². The van der Waals surface area contributed by atoms with Gasteiger partial charge in [-0.15, -0.1) is 0 Å². The summed E-state index contributed by atoms with van der Waals surface area (Å²) in [7, 11) is 0. The van der Waals surface area contributed by atoms with Crippen molar-refractivity contribution in [2.24, 2.45) is 0 Å². The molecule has 0 unspecified atom stereocenters. The summed E-state index contributed by atoms with van der Waals surface area (Å²) >= 11 is 0. The first-order valence-electron chi connectivity index (χ1n) is 12.2. The van der Waals surface area contributed by atoms with Crippen LogP contribution in [0.2, 0.25) is 0 Å². The predicted molar refractivity (Wildman–Crippen MR) is 138 cm³/mol. The number of benzene rings is 4. The summed E-state index contributed by atoms with van der Waals surface area (Å²) in [6, 6.07) is 35.8. The van der Waals surface area contributed by atoms with Crippen molar-refractivity contribution in [2.75, 3.05) is 0 Å². The summed E-state index contributed by atoms with van der Waals surface area (Å²) in [6.07, 6.45) is 7.50. The SMILES string of the molecule is CCCc1cc(-c2ccccc2)c(C2CCCC2)c(-c2ccccc2)c1-c1ccccc1. The summed E-state index contributed by atoms with van der Waals surface area (Å²) in [6.45, 7) is 2.30. The molecule has 0 N–H and O–H groups in total. The third-order valence-electron chi connectivity index (χ3n) is 6.94. The number of hydrogen-bond donors (Lipinski definition) is 0. The topological polar surface area (TPSA) is 0 Å². The fourth-order valence-electron chi connectivity index (χ4n) is 5.55. The van der Waals surface area contributed by atoms with Gasteiger partial charge in [-0.2, -0.15) is 0 Å². The highest BCUT2D eigenvalue weighted by Crippen LogP contribution is 2.49. The van der Waals surface area contributed by atoms with E-state index < -0.39 is 0 Å². The van der Waals surface area contributed by atoms with Crippen LogP contribution in [0.4, 0.5) is 0 Å². The maximum atomic E-state index is 2.53. The molecular formula is C32H32. The zero-order chi connectivity index (χ0) is 21.8. The van der Waals surface area contributed by atoms with E-state index in [4.69, 9.17) is 0 Å². The maximum absolute atomic E-state index is 2.53. The highest BCUT2D eigenvalue weighted by atomic mass is 14.3. The molecule has 0 atom stereocenters. The fourth-order valence-corrected chi connectivity index (χ4v) is 5.55. The zero-order valence-corrected chi connectivity index (χ0v) is 19.1. The van der Waals surface area contributed by atoms with Crippen LogP contribution >= 0.6 is 0 Å². The van der Waals surface area contributed by atoms with E-state index in [0.29, 0.717) is 5.92 Å². The molecule has 160 valence electrons. The first-order valence-corrected chi connectivity index (χ1v) is 12.2. The molecule has 1 fully saturated rings. The van der Waals surface area contributed by atoms with Crippen molar-refractivity contribution in [1.82, 2.24) is 0 Å². The van der Waals surface area contributed by atoms with Gasteiger partial charge in [-0.25, -0.2) is 0 Å². The minimum Gasteiger partial charge on any atom is -0.0651 e. The van der Waals surface area contributed by atoms with Crippen LogP contribution in [0.5, 0.6) is 0 Å². The molecule has 1 aliphatic carbocycles. The first-order chi connectivity index (χ1) is 15.9. The molecule has 1 aliphatic rings. The van der Waals surface area contributed by atoms with Gasteiger partial charge in [-0.3, -0.25) is 0 Å². The van der Waals surface area contributed by atoms with Crippen molar-refractivity contribution < 1.29 is 0 Å². The molecule has 0 spiro atoms. The second-order valence-corrected chi connectivity index (χ2v) is 9.08. The normalized spacial score (nSPS) is 14.0. The Morgan fingerprint density at radius 3 is 1.66 bits per heavy atom. The summed E-state index contributed by atoms with van der Waals surface area (Å²) in [5.74, 6) is 0.624. The number of hydrogen-bond acceptors (Lipinski definition) is 0. The quantitative estimate of drug-likeness (QED) is 0.294. The Morgan fingerprint density at radius 1 is 0.625 bits per heavy atom. The van der Waals surface area contributed by atoms with Crippen molar-refractivity contribution >= 4 is 0 Å². The Hall–Kier alpha value is -3.12. The average Bonchev–Trinajstić information content (AvgIpc) is 3.40. The third kappa shape index (κ3) is 4.02. The van der Waals surface area contributed by atoms with Gasteiger partial charge >= 0.3 is 0 Å². The lowest BCUT2D eigenvalue weighted by Gasteiger charge is -2.27. The lowest BCUT2D eigenvalue weighted by atomic mass is 9.77. The Bertz CT molecular complexity index is 1150. The first kappa shape index (κ1) is 20.8. The van der Waals surface area contributed by atoms with E-state index in [-0.39, 0.29) is 0 Å². The van der Waals surface area contributed by atoms with Gasteiger partial charge < -0.3 is 0 Å². The second-order valence-electron chi connectivity index (χ2n) is 9.08. The van der Waals surface area contributed by atoms with Crippen molar-refractivity contribution in [2.45, 2.75) is 51.4 Å². The van der Waals surface area contributed by atoms with Crippen LogP contribution in [0.1, 0.15) is 56.1 Å². The summed E-state index contributed by atoms with van der Waals surface area (Å²) in [5.41, 5.74) is 11.4. The van der Waals surface area contributed by atoms with Gasteiger partial charge in [0.1, 0.15) is 0 Å². The Kier molecular flexibility index (Phi) is 6.21. The lowest BCUT2D eigenvalue weighted by molar-refractivity contribution is 0.726. The molecule has 1 saturated carbocycles. The van der Waals surface area contributed by atoms with Gasteiger partial charge in [-0.05, 0) is 69.7 Å². The zero-order valence-electron chi connectivity index (χ0n) is 19.1. The van der Waals surface area contributed by atoms with E-state index in [1.165, 1.54) is 64.6 Å². The molecule has 0 heteroatoms. The van der Waals surface area contributed by atoms with Gasteiger partial charge in [0.2, 0.25) is 0 Å². The molecule has 4 aromatic rings. The molecule has 0 nitrogen and oxygen atoms in total. The van der Waals surface area contributed by atoms with Crippen LogP contribution in [0.3, 0.4) is 0 Å². The second kappa shape index (κ2) is 9.57. The average molecular weight is 417 g/mol. The largest absolute Gasteiger partial charge is 0.0651 e. The van der Waals surface area contributed by atoms with Gasteiger partial charge in [0, 0.05) is 0 Å². The summed E-state index contributed by atoms with van der Waals surface area (Å²) in [4.78, 5) is 0. The third-order valence-corrected chi connectivity index (χ3v) is 6.94. The van der Waals surface area contributed by atoms with Crippen molar-refractivity contribution in [3.8, 4) is 33.4 Å². The molecule has 0 aliphatic heterocycles. The Labute approximate surface area is 193 Å². The molecule has 0 saturated heterocycles. The fraction of sp³-hybridized carbons (Fsp3) is 0.250. The van der Waals surface area contributed by atoms with Crippen LogP contribution in [0, 0.1) is 0 Å². The lowest BCUT2D eigenvalue weighted by Crippen LogP contribution is -2.05. The Balaban J connectivity index is 1.91. The molecule has 0 amide bonds. The standard InChI is InChI=1S/C32H32/c1-2-14-28-23-29(24-15-6-3-7-16-24)31(26-21-12-13-22-26)32(27-19-10-5-11-20-27)30(28)25-17-8-4-9-18-25/h3-11,15-20,23,26H,2,12-14,21-22H2,1H3. The highest BCUT2D eigenvalue weighted by Gasteiger charge is 2.28. The van der Waals surface area contributed by atoms with E-state index in [0.717, 1.165) is 12.8 Å². The van der Waals surface area contributed by atoms with E-state index in [9.17, 15) is 0 Å². The minimum atomic E-state index is 0.624. The van der Waals surface area contributed by atoms with Crippen LogP contribution < -0.4 is 0 Å². The highest BCUT2D eigenvalue weighted by molar-refractivity contribution is 5.93. The van der Waals surface area contributed by atoms with Crippen LogP contribution in [0.25, 0.3) is 33.4 Å². The number of rotatable bonds is 6. The van der Waals surface area contributed by atoms with E-state index in [2.05, 4.69) is 104 Å². The molecule has 5 rings (SSSR count). The molecule has 4 aromatic carbocycles. The van der Waals surface area contributed by atoms with E-state index in [1.54, 1.807) is 5.56 Å². The Morgan fingerprint density at radius 2 is 1.12 bits per heavy atom. The van der Waals surface area contributed by atoms with Crippen molar-refractivity contribution in [1.29, 1.82) is 0 Å². The van der Waals surface area contributed by atoms with Crippen molar-refractivity contribution in [3.63, 3.8) is 0 Å².